The first-order valence-electron chi connectivity index (χ1n) is 15.3. The van der Waals surface area contributed by atoms with Gasteiger partial charge in [-0.1, -0.05) is 18.2 Å². The second-order valence-corrected chi connectivity index (χ2v) is 14.2. The lowest BCUT2D eigenvalue weighted by molar-refractivity contribution is -0.119. The van der Waals surface area contributed by atoms with Gasteiger partial charge < -0.3 is 26.2 Å². The number of carbonyl (C=O) groups excluding carboxylic acids is 1. The minimum absolute atomic E-state index is 0.0792. The molecule has 0 spiro atoms. The van der Waals surface area contributed by atoms with E-state index in [1.165, 1.54) is 46.8 Å². The number of hydrogen-bond donors (Lipinski definition) is 5. The summed E-state index contributed by atoms with van der Waals surface area (Å²) in [6.45, 7) is 0.819. The van der Waals surface area contributed by atoms with E-state index in [2.05, 4.69) is 16.0 Å². The Labute approximate surface area is 256 Å². The maximum atomic E-state index is 15.3. The highest BCUT2D eigenvalue weighted by molar-refractivity contribution is 7.89. The highest BCUT2D eigenvalue weighted by atomic mass is 32.2. The van der Waals surface area contributed by atoms with Crippen molar-refractivity contribution in [3.05, 3.63) is 65.2 Å². The van der Waals surface area contributed by atoms with E-state index in [1.807, 2.05) is 0 Å². The van der Waals surface area contributed by atoms with Crippen LogP contribution in [0.15, 0.2) is 42.5 Å². The van der Waals surface area contributed by atoms with Crippen molar-refractivity contribution < 1.29 is 37.0 Å². The number of aliphatic hydroxyl groups is 1. The predicted molar refractivity (Wildman–Crippen MR) is 161 cm³/mol. The average Bonchev–Trinajstić information content (AvgIpc) is 3.10. The molecule has 5 rings (SSSR count). The van der Waals surface area contributed by atoms with Crippen LogP contribution in [0.4, 0.5) is 19.3 Å². The Hall–Kier alpha value is -3.13. The molecule has 1 unspecified atom stereocenters. The zero-order valence-electron chi connectivity index (χ0n) is 24.4. The fraction of sp³-hybridized carbons (Fsp3) is 0.548. The van der Waals surface area contributed by atoms with E-state index < -0.39 is 51.7 Å². The monoisotopic (exact) mass is 634 g/mol. The number of benzene rings is 2. The molecule has 2 aromatic carbocycles. The first-order valence-corrected chi connectivity index (χ1v) is 16.9. The maximum Gasteiger partial charge on any atom is 0.405 e. The number of carbonyl (C=O) groups is 2. The molecule has 5 atom stereocenters. The summed E-state index contributed by atoms with van der Waals surface area (Å²) in [5.74, 6) is -2.52. The molecular weight excluding hydrogens is 594 g/mol. The molecular formula is C31H40F2N4O6S. The molecule has 5 N–H and O–H groups in total. The van der Waals surface area contributed by atoms with Crippen LogP contribution in [0.25, 0.3) is 0 Å². The summed E-state index contributed by atoms with van der Waals surface area (Å²) in [6, 6.07) is 8.25. The summed E-state index contributed by atoms with van der Waals surface area (Å²) in [6.07, 6.45) is 1.97. The van der Waals surface area contributed by atoms with Crippen LogP contribution in [0, 0.1) is 17.6 Å². The van der Waals surface area contributed by atoms with Gasteiger partial charge in [-0.15, -0.1) is 0 Å². The topological polar surface area (TPSA) is 148 Å². The van der Waals surface area contributed by atoms with Gasteiger partial charge in [0.15, 0.2) is 0 Å². The first-order chi connectivity index (χ1) is 21.0. The number of sulfonamides is 1. The fourth-order valence-electron chi connectivity index (χ4n) is 7.03. The molecule has 1 saturated carbocycles. The summed E-state index contributed by atoms with van der Waals surface area (Å²) >= 11 is 0. The van der Waals surface area contributed by atoms with Crippen LogP contribution < -0.4 is 16.0 Å². The van der Waals surface area contributed by atoms with Crippen LogP contribution in [-0.2, 0) is 21.2 Å². The van der Waals surface area contributed by atoms with Crippen LogP contribution >= 0.6 is 0 Å². The Morgan fingerprint density at radius 2 is 1.77 bits per heavy atom. The second-order valence-electron chi connectivity index (χ2n) is 12.2. The van der Waals surface area contributed by atoms with E-state index in [0.29, 0.717) is 57.2 Å². The third kappa shape index (κ3) is 7.56. The van der Waals surface area contributed by atoms with Gasteiger partial charge in [0.05, 0.1) is 11.9 Å². The Morgan fingerprint density at radius 1 is 1.05 bits per heavy atom. The first kappa shape index (κ1) is 32.3. The number of rotatable bonds is 9. The Kier molecular flexibility index (Phi) is 10.2. The third-order valence-electron chi connectivity index (χ3n) is 9.29. The van der Waals surface area contributed by atoms with Gasteiger partial charge in [0.2, 0.25) is 15.9 Å². The number of amides is 2. The quantitative estimate of drug-likeness (QED) is 0.283. The molecule has 0 aromatic heterocycles. The van der Waals surface area contributed by atoms with Crippen molar-refractivity contribution in [2.24, 2.45) is 5.92 Å². The molecule has 2 aliphatic heterocycles. The van der Waals surface area contributed by atoms with Gasteiger partial charge in [0.1, 0.15) is 17.7 Å². The predicted octanol–water partition coefficient (Wildman–Crippen LogP) is 3.57. The average molecular weight is 635 g/mol. The van der Waals surface area contributed by atoms with Crippen molar-refractivity contribution in [1.29, 1.82) is 0 Å². The number of fused-ring (bicyclic) bond motifs is 2. The molecule has 2 saturated heterocycles. The van der Waals surface area contributed by atoms with Gasteiger partial charge in [-0.3, -0.25) is 4.79 Å². The molecule has 10 nitrogen and oxygen atoms in total. The SMILES string of the molecule is O=C(O)N[C@H](C(=O)Nc1cccc(F)c1CC[C@H]1CN[C@@H]2CCCS(=O)(=O)N1C2)[C@@H](c1ccc(F)cc1)[C@H]1CC[C@H](O)CC1. The molecule has 2 aromatic rings. The number of piperazine rings is 1. The van der Waals surface area contributed by atoms with E-state index in [4.69, 9.17) is 0 Å². The van der Waals surface area contributed by atoms with E-state index >= 15 is 4.39 Å². The van der Waals surface area contributed by atoms with E-state index in [1.54, 1.807) is 0 Å². The Morgan fingerprint density at radius 3 is 2.48 bits per heavy atom. The van der Waals surface area contributed by atoms with Gasteiger partial charge in [-0.2, -0.15) is 4.31 Å². The Balaban J connectivity index is 1.39. The minimum atomic E-state index is -3.43. The van der Waals surface area contributed by atoms with E-state index in [9.17, 15) is 32.6 Å². The number of nitrogens with one attached hydrogen (secondary N) is 3. The molecule has 0 radical (unpaired) electrons. The summed E-state index contributed by atoms with van der Waals surface area (Å²) in [4.78, 5) is 25.8. The summed E-state index contributed by atoms with van der Waals surface area (Å²) in [5, 5.41) is 28.3. The smallest absolute Gasteiger partial charge is 0.405 e. The van der Waals surface area contributed by atoms with Gasteiger partial charge in [0.25, 0.3) is 0 Å². The molecule has 2 heterocycles. The number of carboxylic acid groups (broad SMARTS) is 1. The summed E-state index contributed by atoms with van der Waals surface area (Å²) < 4.78 is 56.4. The van der Waals surface area contributed by atoms with Crippen LogP contribution in [-0.4, -0.2) is 78.0 Å². The zero-order chi connectivity index (χ0) is 31.4. The maximum absolute atomic E-state index is 15.3. The van der Waals surface area contributed by atoms with Crippen molar-refractivity contribution in [1.82, 2.24) is 14.9 Å². The highest BCUT2D eigenvalue weighted by Crippen LogP contribution is 2.39. The summed E-state index contributed by atoms with van der Waals surface area (Å²) in [7, 11) is -3.43. The zero-order valence-corrected chi connectivity index (χ0v) is 25.2. The number of hydrogen-bond acceptors (Lipinski definition) is 6. The molecule has 13 heteroatoms. The molecule has 2 bridgehead atoms. The number of halogens is 2. The van der Waals surface area contributed by atoms with Gasteiger partial charge in [0, 0.05) is 42.3 Å². The molecule has 3 aliphatic rings. The van der Waals surface area contributed by atoms with Gasteiger partial charge in [-0.25, -0.2) is 22.0 Å². The van der Waals surface area contributed by atoms with Crippen LogP contribution in [0.5, 0.6) is 0 Å². The van der Waals surface area contributed by atoms with Crippen LogP contribution in [0.1, 0.15) is 62.0 Å². The van der Waals surface area contributed by atoms with Crippen molar-refractivity contribution in [3.63, 3.8) is 0 Å². The van der Waals surface area contributed by atoms with Gasteiger partial charge in [-0.05, 0) is 87.1 Å². The standard InChI is InChI=1S/C31H40F2N4O6S/c32-21-10-6-19(7-11-21)28(20-8-13-24(38)14-9-20)29(36-31(40)41)30(39)35-27-5-1-4-26(33)25(27)15-12-23-17-34-22-3-2-16-44(42,43)37(23)18-22/h1,4-7,10-11,20,22-24,28-29,34,36,38H,2-3,8-9,12-18H2,(H,35,39)(H,40,41)/t20-,22-,23+,24-,28+,29+/m1/s1. The van der Waals surface area contributed by atoms with Crippen molar-refractivity contribution in [3.8, 4) is 0 Å². The second kappa shape index (κ2) is 13.9. The molecule has 1 aliphatic carbocycles. The number of anilines is 1. The third-order valence-corrected chi connectivity index (χ3v) is 11.3. The highest BCUT2D eigenvalue weighted by Gasteiger charge is 2.40. The molecule has 2 amide bonds. The molecule has 44 heavy (non-hydrogen) atoms. The minimum Gasteiger partial charge on any atom is -0.465 e. The van der Waals surface area contributed by atoms with E-state index in [-0.39, 0.29) is 41.4 Å². The van der Waals surface area contributed by atoms with Crippen LogP contribution in [0.3, 0.4) is 0 Å². The van der Waals surface area contributed by atoms with Crippen molar-refractivity contribution in [2.45, 2.75) is 81.5 Å². The van der Waals surface area contributed by atoms with Gasteiger partial charge >= 0.3 is 6.09 Å². The molecule has 3 fully saturated rings. The Bertz CT molecular complexity index is 1440. The lowest BCUT2D eigenvalue weighted by Gasteiger charge is -2.37. The normalized spacial score (nSPS) is 27.8. The number of aliphatic hydroxyl groups excluding tert-OH is 1. The fourth-order valence-corrected chi connectivity index (χ4v) is 8.84. The lowest BCUT2D eigenvalue weighted by atomic mass is 9.72. The summed E-state index contributed by atoms with van der Waals surface area (Å²) in [5.41, 5.74) is 0.941. The van der Waals surface area contributed by atoms with Crippen molar-refractivity contribution in [2.75, 3.05) is 24.2 Å². The van der Waals surface area contributed by atoms with E-state index in [0.717, 1.165) is 6.42 Å². The number of nitrogens with zero attached hydrogens (tertiary/aromatic N) is 1. The van der Waals surface area contributed by atoms with Crippen molar-refractivity contribution >= 4 is 27.7 Å². The van der Waals surface area contributed by atoms with Crippen LogP contribution in [0.2, 0.25) is 0 Å². The lowest BCUT2D eigenvalue weighted by Crippen LogP contribution is -2.57. The molecule has 240 valence electrons. The largest absolute Gasteiger partial charge is 0.465 e.